The average Bonchev–Trinajstić information content (AvgIpc) is 3.05. The molecule has 1 fully saturated rings. The van der Waals surface area contributed by atoms with E-state index >= 15 is 0 Å². The summed E-state index contributed by atoms with van der Waals surface area (Å²) < 4.78 is 26.7. The fraction of sp³-hybridized carbons (Fsp3) is 0.300. The van der Waals surface area contributed by atoms with Crippen molar-refractivity contribution in [3.05, 3.63) is 59.7 Å². The van der Waals surface area contributed by atoms with Gasteiger partial charge in [0.2, 0.25) is 11.8 Å². The van der Waals surface area contributed by atoms with Gasteiger partial charge in [0.1, 0.15) is 6.04 Å². The Kier molecular flexibility index (Phi) is 5.32. The first kappa shape index (κ1) is 19.1. The Morgan fingerprint density at radius 1 is 1.15 bits per heavy atom. The number of hydrogen-bond acceptors (Lipinski definition) is 4. The van der Waals surface area contributed by atoms with E-state index < -0.39 is 27.9 Å². The van der Waals surface area contributed by atoms with Gasteiger partial charge in [-0.05, 0) is 43.5 Å². The fourth-order valence-corrected chi connectivity index (χ4v) is 4.79. The lowest BCUT2D eigenvalue weighted by molar-refractivity contribution is -0.128. The van der Waals surface area contributed by atoms with Gasteiger partial charge in [-0.1, -0.05) is 42.8 Å². The molecule has 1 atom stereocenters. The minimum absolute atomic E-state index is 0.00936. The Labute approximate surface area is 159 Å². The van der Waals surface area contributed by atoms with Gasteiger partial charge < -0.3 is 5.32 Å². The van der Waals surface area contributed by atoms with Crippen LogP contribution in [0, 0.1) is 6.92 Å². The number of aryl methyl sites for hydroxylation is 2. The number of nitrogens with one attached hydrogen (secondary N) is 1. The van der Waals surface area contributed by atoms with Crippen LogP contribution in [-0.2, 0) is 26.0 Å². The van der Waals surface area contributed by atoms with Crippen LogP contribution in [0.1, 0.15) is 30.9 Å². The largest absolute Gasteiger partial charge is 0.324 e. The molecular weight excluding hydrogens is 364 g/mol. The summed E-state index contributed by atoms with van der Waals surface area (Å²) in [6.07, 6.45) is 0.925. The number of benzene rings is 2. The summed E-state index contributed by atoms with van der Waals surface area (Å²) in [5.74, 6) is -1.04. The lowest BCUT2D eigenvalue weighted by atomic mass is 10.1. The molecule has 2 aromatic carbocycles. The smallest absolute Gasteiger partial charge is 0.267 e. The molecule has 2 aromatic rings. The molecule has 1 saturated heterocycles. The Balaban J connectivity index is 1.89. The maximum Gasteiger partial charge on any atom is 0.267 e. The standard InChI is InChI=1S/C20H22N2O4S/c1-3-15-6-4-5-7-17(15)21-20(24)18-12-13-19(23)22(18)27(25,26)16-10-8-14(2)9-11-16/h4-11,18H,3,12-13H2,1-2H3,(H,21,24)/t18-/m1/s1. The summed E-state index contributed by atoms with van der Waals surface area (Å²) in [5, 5.41) is 2.79. The number of rotatable bonds is 5. The molecule has 27 heavy (non-hydrogen) atoms. The number of nitrogens with zero attached hydrogens (tertiary/aromatic N) is 1. The molecule has 0 spiro atoms. The second-order valence-corrected chi connectivity index (χ2v) is 8.38. The Hall–Kier alpha value is -2.67. The van der Waals surface area contributed by atoms with Gasteiger partial charge in [0.25, 0.3) is 10.0 Å². The van der Waals surface area contributed by atoms with Gasteiger partial charge in [0, 0.05) is 12.1 Å². The number of amides is 2. The van der Waals surface area contributed by atoms with Gasteiger partial charge in [0.05, 0.1) is 4.90 Å². The third kappa shape index (κ3) is 3.73. The summed E-state index contributed by atoms with van der Waals surface area (Å²) >= 11 is 0. The van der Waals surface area contributed by atoms with Crippen LogP contribution in [0.15, 0.2) is 53.4 Å². The molecule has 0 radical (unpaired) electrons. The van der Waals surface area contributed by atoms with Crippen LogP contribution in [0.2, 0.25) is 0 Å². The minimum atomic E-state index is -4.08. The molecule has 1 heterocycles. The third-order valence-electron chi connectivity index (χ3n) is 4.70. The highest BCUT2D eigenvalue weighted by Crippen LogP contribution is 2.28. The summed E-state index contributed by atoms with van der Waals surface area (Å²) in [5.41, 5.74) is 2.49. The van der Waals surface area contributed by atoms with E-state index in [4.69, 9.17) is 0 Å². The molecule has 0 aromatic heterocycles. The molecule has 0 bridgehead atoms. The number of hydrogen-bond donors (Lipinski definition) is 1. The molecule has 0 saturated carbocycles. The quantitative estimate of drug-likeness (QED) is 0.856. The highest BCUT2D eigenvalue weighted by Gasteiger charge is 2.44. The first-order chi connectivity index (χ1) is 12.8. The fourth-order valence-electron chi connectivity index (χ4n) is 3.19. The normalized spacial score (nSPS) is 17.2. The second-order valence-electron chi connectivity index (χ2n) is 6.56. The van der Waals surface area contributed by atoms with Crippen molar-refractivity contribution in [2.75, 3.05) is 5.32 Å². The maximum absolute atomic E-state index is 13.0. The molecule has 0 aliphatic carbocycles. The van der Waals surface area contributed by atoms with Gasteiger partial charge in [-0.25, -0.2) is 12.7 Å². The van der Waals surface area contributed by atoms with Crippen molar-refractivity contribution >= 4 is 27.5 Å². The van der Waals surface area contributed by atoms with Gasteiger partial charge in [0.15, 0.2) is 0 Å². The highest BCUT2D eigenvalue weighted by molar-refractivity contribution is 7.89. The topological polar surface area (TPSA) is 83.6 Å². The average molecular weight is 386 g/mol. The summed E-state index contributed by atoms with van der Waals surface area (Å²) in [6.45, 7) is 3.82. The zero-order chi connectivity index (χ0) is 19.6. The number of sulfonamides is 1. The number of carbonyl (C=O) groups excluding carboxylic acids is 2. The Morgan fingerprint density at radius 2 is 1.81 bits per heavy atom. The third-order valence-corrected chi connectivity index (χ3v) is 6.54. The van der Waals surface area contributed by atoms with E-state index in [2.05, 4.69) is 5.32 Å². The first-order valence-corrected chi connectivity index (χ1v) is 10.3. The lowest BCUT2D eigenvalue weighted by Crippen LogP contribution is -2.45. The molecule has 1 aliphatic rings. The molecule has 1 aliphatic heterocycles. The summed E-state index contributed by atoms with van der Waals surface area (Å²) in [4.78, 5) is 25.1. The van der Waals surface area contributed by atoms with Gasteiger partial charge in [-0.2, -0.15) is 0 Å². The van der Waals surface area contributed by atoms with Crippen molar-refractivity contribution in [1.29, 1.82) is 0 Å². The second kappa shape index (κ2) is 7.52. The van der Waals surface area contributed by atoms with Crippen molar-refractivity contribution < 1.29 is 18.0 Å². The van der Waals surface area contributed by atoms with Crippen molar-refractivity contribution in [1.82, 2.24) is 4.31 Å². The van der Waals surface area contributed by atoms with Crippen LogP contribution in [0.5, 0.6) is 0 Å². The van der Waals surface area contributed by atoms with Crippen LogP contribution >= 0.6 is 0 Å². The van der Waals surface area contributed by atoms with Gasteiger partial charge in [-0.3, -0.25) is 9.59 Å². The van der Waals surface area contributed by atoms with E-state index in [0.29, 0.717) is 5.69 Å². The van der Waals surface area contributed by atoms with E-state index in [9.17, 15) is 18.0 Å². The highest BCUT2D eigenvalue weighted by atomic mass is 32.2. The molecule has 3 rings (SSSR count). The SMILES string of the molecule is CCc1ccccc1NC(=O)[C@H]1CCC(=O)N1S(=O)(=O)c1ccc(C)cc1. The maximum atomic E-state index is 13.0. The first-order valence-electron chi connectivity index (χ1n) is 8.87. The predicted molar refractivity (Wildman–Crippen MR) is 103 cm³/mol. The van der Waals surface area contributed by atoms with E-state index in [-0.39, 0.29) is 17.7 Å². The number of anilines is 1. The molecule has 7 heteroatoms. The van der Waals surface area contributed by atoms with Crippen molar-refractivity contribution in [3.63, 3.8) is 0 Å². The zero-order valence-corrected chi connectivity index (χ0v) is 16.1. The van der Waals surface area contributed by atoms with Crippen molar-refractivity contribution in [2.45, 2.75) is 44.0 Å². The van der Waals surface area contributed by atoms with Crippen LogP contribution in [0.4, 0.5) is 5.69 Å². The van der Waals surface area contributed by atoms with Crippen molar-refractivity contribution in [3.8, 4) is 0 Å². The summed E-state index contributed by atoms with van der Waals surface area (Å²) in [7, 11) is -4.08. The Morgan fingerprint density at radius 3 is 2.48 bits per heavy atom. The Bertz CT molecular complexity index is 968. The molecule has 1 N–H and O–H groups in total. The number of para-hydroxylation sites is 1. The molecule has 0 unspecified atom stereocenters. The monoisotopic (exact) mass is 386 g/mol. The lowest BCUT2D eigenvalue weighted by Gasteiger charge is -2.24. The van der Waals surface area contributed by atoms with E-state index in [1.54, 1.807) is 24.3 Å². The van der Waals surface area contributed by atoms with E-state index in [0.717, 1.165) is 21.9 Å². The number of carbonyl (C=O) groups is 2. The summed E-state index contributed by atoms with van der Waals surface area (Å²) in [6, 6.07) is 12.5. The van der Waals surface area contributed by atoms with E-state index in [1.807, 2.05) is 26.0 Å². The van der Waals surface area contributed by atoms with Crippen LogP contribution in [0.25, 0.3) is 0 Å². The van der Waals surface area contributed by atoms with Crippen LogP contribution in [0.3, 0.4) is 0 Å². The molecular formula is C20H22N2O4S. The van der Waals surface area contributed by atoms with Crippen LogP contribution < -0.4 is 5.32 Å². The molecule has 142 valence electrons. The minimum Gasteiger partial charge on any atom is -0.324 e. The molecule has 2 amide bonds. The zero-order valence-electron chi connectivity index (χ0n) is 15.3. The predicted octanol–water partition coefficient (Wildman–Crippen LogP) is 2.88. The van der Waals surface area contributed by atoms with E-state index in [1.165, 1.54) is 12.1 Å². The van der Waals surface area contributed by atoms with Crippen LogP contribution in [-0.4, -0.2) is 30.6 Å². The van der Waals surface area contributed by atoms with Gasteiger partial charge in [-0.15, -0.1) is 0 Å². The molecule has 6 nitrogen and oxygen atoms in total. The van der Waals surface area contributed by atoms with Gasteiger partial charge >= 0.3 is 0 Å². The van der Waals surface area contributed by atoms with Crippen molar-refractivity contribution in [2.24, 2.45) is 0 Å².